The van der Waals surface area contributed by atoms with Crippen molar-refractivity contribution in [3.8, 4) is 0 Å². The topological polar surface area (TPSA) is 135 Å². The predicted molar refractivity (Wildman–Crippen MR) is 135 cm³/mol. The van der Waals surface area contributed by atoms with E-state index < -0.39 is 20.6 Å². The number of aromatic nitrogens is 1. The van der Waals surface area contributed by atoms with Gasteiger partial charge in [0.25, 0.3) is 5.52 Å². The van der Waals surface area contributed by atoms with Gasteiger partial charge in [-0.1, -0.05) is 54.6 Å². The number of halogens is 1. The molecule has 13 heteroatoms. The molecular formula is C23H16ClN2O7S3-. The molecule has 0 saturated carbocycles. The molecule has 5 rings (SSSR count). The van der Waals surface area contributed by atoms with Crippen molar-refractivity contribution in [2.75, 3.05) is 4.31 Å². The molecule has 0 unspecified atom stereocenters. The summed E-state index contributed by atoms with van der Waals surface area (Å²) in [6.07, 6.45) is 3.06. The molecule has 0 fully saturated rings. The second-order valence-corrected chi connectivity index (χ2v) is 11.7. The molecule has 0 spiro atoms. The van der Waals surface area contributed by atoms with Crippen molar-refractivity contribution in [1.82, 2.24) is 0 Å². The van der Waals surface area contributed by atoms with E-state index in [1.54, 1.807) is 55.5 Å². The number of oxazole rings is 1. The lowest BCUT2D eigenvalue weighted by atomic mass is 10.1. The minimum atomic E-state index is -5.04. The van der Waals surface area contributed by atoms with E-state index >= 15 is 0 Å². The number of thioether (sulfide) groups is 1. The quantitative estimate of drug-likeness (QED) is 0.255. The summed E-state index contributed by atoms with van der Waals surface area (Å²) in [7, 11) is -9.99. The Bertz CT molecular complexity index is 1830. The molecule has 3 aromatic carbocycles. The molecule has 186 valence electrons. The highest BCUT2D eigenvalue weighted by molar-refractivity contribution is 8.05. The van der Waals surface area contributed by atoms with Crippen molar-refractivity contribution in [2.24, 2.45) is 0 Å². The van der Waals surface area contributed by atoms with Gasteiger partial charge in [0.05, 0.1) is 22.2 Å². The molecule has 0 N–H and O–H groups in total. The van der Waals surface area contributed by atoms with Crippen molar-refractivity contribution in [3.63, 3.8) is 0 Å². The summed E-state index contributed by atoms with van der Waals surface area (Å²) < 4.78 is 80.2. The number of benzene rings is 3. The van der Waals surface area contributed by atoms with E-state index in [1.807, 2.05) is 0 Å². The molecule has 0 saturated heterocycles. The molecule has 2 heterocycles. The molecule has 0 bridgehead atoms. The van der Waals surface area contributed by atoms with Crippen LogP contribution in [0.25, 0.3) is 27.9 Å². The number of hydrogen-bond acceptors (Lipinski definition) is 8. The highest BCUT2D eigenvalue weighted by Gasteiger charge is 2.31. The summed E-state index contributed by atoms with van der Waals surface area (Å²) in [4.78, 5) is 0.507. The highest BCUT2D eigenvalue weighted by atomic mass is 35.5. The average Bonchev–Trinajstić information content (AvgIpc) is 3.35. The molecular weight excluding hydrogens is 548 g/mol. The number of rotatable bonds is 5. The van der Waals surface area contributed by atoms with Crippen LogP contribution in [-0.2, 0) is 20.6 Å². The van der Waals surface area contributed by atoms with Crippen LogP contribution in [0, 0.1) is 0 Å². The van der Waals surface area contributed by atoms with Gasteiger partial charge in [0.2, 0.25) is 5.58 Å². The molecule has 9 nitrogen and oxygen atoms in total. The molecule has 4 aromatic rings. The van der Waals surface area contributed by atoms with Gasteiger partial charge in [0.15, 0.2) is 10.3 Å². The van der Waals surface area contributed by atoms with Crippen LogP contribution in [0.2, 0.25) is 5.02 Å². The van der Waals surface area contributed by atoms with E-state index in [9.17, 15) is 25.9 Å². The first-order valence-electron chi connectivity index (χ1n) is 10.5. The number of fused-ring (bicyclic) bond motifs is 4. The van der Waals surface area contributed by atoms with E-state index in [0.29, 0.717) is 35.9 Å². The first-order chi connectivity index (χ1) is 17.0. The van der Waals surface area contributed by atoms with Crippen molar-refractivity contribution in [1.29, 1.82) is 0 Å². The first-order valence-corrected chi connectivity index (χ1v) is 14.4. The van der Waals surface area contributed by atoms with E-state index in [2.05, 4.69) is 0 Å². The van der Waals surface area contributed by atoms with Gasteiger partial charge in [0, 0.05) is 9.92 Å². The smallest absolute Gasteiger partial charge is 0.391 e. The van der Waals surface area contributed by atoms with Gasteiger partial charge in [-0.15, -0.1) is 0 Å². The van der Waals surface area contributed by atoms with Gasteiger partial charge in [-0.2, -0.15) is 8.42 Å². The van der Waals surface area contributed by atoms with Gasteiger partial charge in [-0.3, -0.25) is 0 Å². The summed E-state index contributed by atoms with van der Waals surface area (Å²) in [6, 6.07) is 14.8. The monoisotopic (exact) mass is 563 g/mol. The Morgan fingerprint density at radius 1 is 1.11 bits per heavy atom. The standard InChI is InChI=1S/C23H17ClN2O7S3/c1-2-14(12-22-25(35(27,28)29)18-13-16(24)8-10-20(18)34-22)11-21-26(36(30,31)32)23-17-6-4-3-5-15(17)7-9-19(23)33-21/h3-13H,2H2,1H3,(H-,27,28,29,30,31,32)/p-1. The maximum Gasteiger partial charge on any atom is 0.391 e. The summed E-state index contributed by atoms with van der Waals surface area (Å²) in [5, 5.41) is 1.56. The second-order valence-electron chi connectivity index (χ2n) is 7.79. The Kier molecular flexibility index (Phi) is 6.14. The van der Waals surface area contributed by atoms with Gasteiger partial charge < -0.3 is 13.5 Å². The predicted octanol–water partition coefficient (Wildman–Crippen LogP) is 4.54. The third kappa shape index (κ3) is 4.40. The number of hydrogen-bond donors (Lipinski definition) is 0. The van der Waals surface area contributed by atoms with Crippen molar-refractivity contribution in [2.45, 2.75) is 18.2 Å². The third-order valence-electron chi connectivity index (χ3n) is 5.51. The average molecular weight is 564 g/mol. The van der Waals surface area contributed by atoms with Crippen LogP contribution in [0.15, 0.2) is 80.6 Å². The zero-order chi connectivity index (χ0) is 25.8. The maximum absolute atomic E-state index is 12.3. The van der Waals surface area contributed by atoms with E-state index in [-0.39, 0.29) is 32.7 Å². The van der Waals surface area contributed by atoms with E-state index in [0.717, 1.165) is 11.8 Å². The minimum absolute atomic E-state index is 0.0773. The molecule has 1 aromatic heterocycles. The summed E-state index contributed by atoms with van der Waals surface area (Å²) in [5.74, 6) is -0.259. The SMILES string of the molecule is CCC(/C=C1\Sc2ccc(Cl)cc2N1S(=O)(=O)[O-])=C\c1oc2ccc3ccccc3c2[n+]1S(=O)(=O)[O-]. The summed E-state index contributed by atoms with van der Waals surface area (Å²) in [6.45, 7) is 1.75. The third-order valence-corrected chi connectivity index (χ3v) is 8.58. The fourth-order valence-corrected chi connectivity index (χ4v) is 7.00. The van der Waals surface area contributed by atoms with Crippen LogP contribution in [0.4, 0.5) is 5.69 Å². The van der Waals surface area contributed by atoms with E-state index in [4.69, 9.17) is 16.0 Å². The Morgan fingerprint density at radius 3 is 2.56 bits per heavy atom. The molecule has 1 aliphatic rings. The number of anilines is 1. The number of nitrogens with zero attached hydrogens (tertiary/aromatic N) is 2. The Balaban J connectivity index is 1.71. The molecule has 0 atom stereocenters. The largest absolute Gasteiger partial charge is 0.731 e. The van der Waals surface area contributed by atoms with Crippen LogP contribution in [0.3, 0.4) is 0 Å². The minimum Gasteiger partial charge on any atom is -0.731 e. The van der Waals surface area contributed by atoms with Gasteiger partial charge >= 0.3 is 16.2 Å². The first kappa shape index (κ1) is 24.8. The zero-order valence-electron chi connectivity index (χ0n) is 18.4. The van der Waals surface area contributed by atoms with Crippen LogP contribution >= 0.6 is 23.4 Å². The van der Waals surface area contributed by atoms with Crippen molar-refractivity contribution < 1.29 is 34.3 Å². The van der Waals surface area contributed by atoms with Crippen LogP contribution in [-0.4, -0.2) is 25.9 Å². The maximum atomic E-state index is 12.3. The lowest BCUT2D eigenvalue weighted by molar-refractivity contribution is -0.498. The van der Waals surface area contributed by atoms with Crippen LogP contribution in [0.5, 0.6) is 0 Å². The molecule has 0 aliphatic carbocycles. The van der Waals surface area contributed by atoms with Crippen molar-refractivity contribution in [3.05, 3.63) is 82.2 Å². The van der Waals surface area contributed by atoms with Gasteiger partial charge in [0.1, 0.15) is 0 Å². The van der Waals surface area contributed by atoms with Gasteiger partial charge in [-0.25, -0.2) is 12.7 Å². The lowest BCUT2D eigenvalue weighted by Crippen LogP contribution is -2.43. The molecule has 36 heavy (non-hydrogen) atoms. The Morgan fingerprint density at radius 2 is 1.86 bits per heavy atom. The Labute approximate surface area is 216 Å². The van der Waals surface area contributed by atoms with Crippen LogP contribution < -0.4 is 8.28 Å². The fourth-order valence-electron chi connectivity index (χ4n) is 3.99. The van der Waals surface area contributed by atoms with Crippen molar-refractivity contribution >= 4 is 77.6 Å². The molecule has 0 radical (unpaired) electrons. The van der Waals surface area contributed by atoms with E-state index in [1.165, 1.54) is 18.2 Å². The summed E-state index contributed by atoms with van der Waals surface area (Å²) in [5.41, 5.74) is 0.810. The normalized spacial score (nSPS) is 15.8. The molecule has 1 aliphatic heterocycles. The second kappa shape index (κ2) is 8.91. The van der Waals surface area contributed by atoms with Crippen LogP contribution in [0.1, 0.15) is 19.2 Å². The van der Waals surface area contributed by atoms with Gasteiger partial charge in [-0.05, 0) is 57.8 Å². The number of allylic oxidation sites excluding steroid dienone is 2. The molecule has 0 amide bonds. The fraction of sp³-hybridized carbons (Fsp3) is 0.0870. The summed E-state index contributed by atoms with van der Waals surface area (Å²) >= 11 is 7.04. The lowest BCUT2D eigenvalue weighted by Gasteiger charge is -2.23. The zero-order valence-corrected chi connectivity index (χ0v) is 21.6. The highest BCUT2D eigenvalue weighted by Crippen LogP contribution is 2.48. The Hall–Kier alpha value is -2.87.